The molecule has 3 saturated heterocycles. The van der Waals surface area contributed by atoms with Crippen molar-refractivity contribution in [3.05, 3.63) is 117 Å². The number of likely N-dealkylation sites (tertiary alicyclic amines) is 1. The molecule has 5 aromatic rings. The lowest BCUT2D eigenvalue weighted by Gasteiger charge is -2.37. The van der Waals surface area contributed by atoms with Gasteiger partial charge in [-0.2, -0.15) is 13.2 Å². The van der Waals surface area contributed by atoms with Gasteiger partial charge < -0.3 is 25.2 Å². The highest BCUT2D eigenvalue weighted by Crippen LogP contribution is 2.35. The minimum atomic E-state index is -4.62. The van der Waals surface area contributed by atoms with E-state index in [4.69, 9.17) is 21.4 Å². The molecule has 1 atom stereocenters. The van der Waals surface area contributed by atoms with E-state index in [0.717, 1.165) is 113 Å². The third-order valence-electron chi connectivity index (χ3n) is 13.9. The Bertz CT molecular complexity index is 2950. The first-order valence-electron chi connectivity index (χ1n) is 24.6. The summed E-state index contributed by atoms with van der Waals surface area (Å²) in [6, 6.07) is 15.9. The van der Waals surface area contributed by atoms with Crippen molar-refractivity contribution in [3.8, 4) is 11.8 Å². The number of carbonyl (C=O) groups is 5. The van der Waals surface area contributed by atoms with Crippen LogP contribution in [0.4, 0.5) is 30.4 Å². The SMILES string of the molecule is Cc1c(C#Cc2cnc3ccc(N4CCC(OC5CCN(CCCCCCCNc6cccc7c6C(=O)N(C6CCC(=O)NC6=O)C7=O)CC5)CC4)nn23)cccc1C(=O)Nc1cc(Cl)cc(C(F)(F)F)c1. The summed E-state index contributed by atoms with van der Waals surface area (Å²) in [6.07, 6.45) is 6.80. The number of alkyl halides is 3. The molecule has 4 aliphatic rings. The monoisotopic (exact) mass is 1010 g/mol. The Morgan fingerprint density at radius 1 is 0.861 bits per heavy atom. The Morgan fingerprint density at radius 2 is 1.60 bits per heavy atom. The van der Waals surface area contributed by atoms with Crippen molar-refractivity contribution in [1.29, 1.82) is 0 Å². The topological polar surface area (TPSA) is 171 Å². The first kappa shape index (κ1) is 50.1. The van der Waals surface area contributed by atoms with Gasteiger partial charge in [0.25, 0.3) is 17.7 Å². The molecular weight excluding hydrogens is 951 g/mol. The van der Waals surface area contributed by atoms with Crippen molar-refractivity contribution in [2.45, 2.75) is 102 Å². The summed E-state index contributed by atoms with van der Waals surface area (Å²) in [5.41, 5.74) is 2.70. The van der Waals surface area contributed by atoms with Crippen LogP contribution in [0.5, 0.6) is 0 Å². The van der Waals surface area contributed by atoms with Crippen LogP contribution in [0.1, 0.15) is 124 Å². The minimum absolute atomic E-state index is 0.0705. The lowest BCUT2D eigenvalue weighted by atomic mass is 10.0. The summed E-state index contributed by atoms with van der Waals surface area (Å²) in [5, 5.41) is 12.9. The predicted octanol–water partition coefficient (Wildman–Crippen LogP) is 8.28. The molecule has 0 aliphatic carbocycles. The van der Waals surface area contributed by atoms with Crippen LogP contribution in [0.2, 0.25) is 5.02 Å². The number of nitrogens with zero attached hydrogens (tertiary/aromatic N) is 6. The van der Waals surface area contributed by atoms with Gasteiger partial charge in [-0.25, -0.2) is 9.50 Å². The fourth-order valence-electron chi connectivity index (χ4n) is 9.93. The third-order valence-corrected chi connectivity index (χ3v) is 14.1. The molecule has 3 aromatic carbocycles. The first-order valence-corrected chi connectivity index (χ1v) is 24.9. The van der Waals surface area contributed by atoms with Crippen molar-refractivity contribution < 1.29 is 41.9 Å². The maximum absolute atomic E-state index is 13.4. The van der Waals surface area contributed by atoms with Crippen molar-refractivity contribution >= 4 is 64.0 Å². The van der Waals surface area contributed by atoms with Crippen LogP contribution in [-0.2, 0) is 20.5 Å². The molecular formula is C53H55ClF3N9O6. The van der Waals surface area contributed by atoms with E-state index in [9.17, 15) is 37.1 Å². The normalized spacial score (nSPS) is 18.0. The maximum Gasteiger partial charge on any atom is 0.416 e. The van der Waals surface area contributed by atoms with Gasteiger partial charge in [-0.05, 0) is 124 Å². The highest BCUT2D eigenvalue weighted by Gasteiger charge is 2.45. The molecule has 1 unspecified atom stereocenters. The van der Waals surface area contributed by atoms with Crippen LogP contribution in [0.25, 0.3) is 5.65 Å². The number of ether oxygens (including phenoxy) is 1. The molecule has 3 fully saturated rings. The average molecular weight is 1010 g/mol. The molecule has 0 radical (unpaired) electrons. The van der Waals surface area contributed by atoms with E-state index in [2.05, 4.69) is 42.6 Å². The van der Waals surface area contributed by atoms with Gasteiger partial charge >= 0.3 is 6.18 Å². The van der Waals surface area contributed by atoms with Crippen LogP contribution in [0.15, 0.2) is 72.9 Å². The summed E-state index contributed by atoms with van der Waals surface area (Å²) < 4.78 is 48.4. The van der Waals surface area contributed by atoms with E-state index >= 15 is 0 Å². The summed E-state index contributed by atoms with van der Waals surface area (Å²) in [6.45, 7) is 7.10. The van der Waals surface area contributed by atoms with Crippen molar-refractivity contribution in [2.24, 2.45) is 0 Å². The number of unbranched alkanes of at least 4 members (excludes halogenated alkanes) is 4. The number of halogens is 4. The molecule has 6 heterocycles. The Kier molecular flexibility index (Phi) is 15.2. The molecule has 3 N–H and O–H groups in total. The quantitative estimate of drug-likeness (QED) is 0.0524. The van der Waals surface area contributed by atoms with Crippen LogP contribution in [0.3, 0.4) is 0 Å². The number of aromatic nitrogens is 3. The largest absolute Gasteiger partial charge is 0.416 e. The Balaban J connectivity index is 0.674. The highest BCUT2D eigenvalue weighted by molar-refractivity contribution is 6.31. The van der Waals surface area contributed by atoms with Gasteiger partial charge in [-0.3, -0.25) is 34.2 Å². The second-order valence-corrected chi connectivity index (χ2v) is 19.2. The summed E-state index contributed by atoms with van der Waals surface area (Å²) in [5.74, 6) is 4.46. The van der Waals surface area contributed by atoms with Crippen LogP contribution >= 0.6 is 11.6 Å². The number of imidazole rings is 1. The van der Waals surface area contributed by atoms with Crippen LogP contribution in [-0.4, -0.2) is 111 Å². The lowest BCUT2D eigenvalue weighted by molar-refractivity contribution is -0.138. The van der Waals surface area contributed by atoms with Crippen molar-refractivity contribution in [1.82, 2.24) is 29.7 Å². The summed E-state index contributed by atoms with van der Waals surface area (Å²) in [7, 11) is 0. The fourth-order valence-corrected chi connectivity index (χ4v) is 10.2. The minimum Gasteiger partial charge on any atom is -0.384 e. The van der Waals surface area contributed by atoms with Crippen LogP contribution in [0, 0.1) is 18.8 Å². The molecule has 0 saturated carbocycles. The highest BCUT2D eigenvalue weighted by atomic mass is 35.5. The summed E-state index contributed by atoms with van der Waals surface area (Å²) >= 11 is 5.92. The Hall–Kier alpha value is -6.81. The van der Waals surface area contributed by atoms with E-state index in [1.807, 2.05) is 12.1 Å². The van der Waals surface area contributed by atoms with Gasteiger partial charge in [-0.1, -0.05) is 48.9 Å². The lowest BCUT2D eigenvalue weighted by Crippen LogP contribution is -2.54. The summed E-state index contributed by atoms with van der Waals surface area (Å²) in [4.78, 5) is 74.0. The molecule has 376 valence electrons. The van der Waals surface area contributed by atoms with Crippen LogP contribution < -0.4 is 20.9 Å². The Morgan fingerprint density at radius 3 is 2.36 bits per heavy atom. The number of hydrogen-bond donors (Lipinski definition) is 3. The van der Waals surface area contributed by atoms with Gasteiger partial charge in [0.15, 0.2) is 5.65 Å². The van der Waals surface area contributed by atoms with E-state index in [0.29, 0.717) is 34.7 Å². The zero-order chi connectivity index (χ0) is 50.5. The first-order chi connectivity index (χ1) is 34.7. The second kappa shape index (κ2) is 21.9. The standard InChI is InChI=1S/C53H55ClF3N9O6/c1-33-34(9-7-10-41(33)49(68)60-37-30-35(53(55,56)57)29-36(54)31-37)13-14-38-32-59-45-16-17-46(62-66(38)45)64-27-21-40(22-28-64)72-39-19-25-63(26-20-39)24-6-4-2-3-5-23-58-43-12-8-11-42-48(43)52(71)65(51(42)70)44-15-18-47(67)61-50(44)69/h7-12,16-17,29-32,39-40,44,58H,2-6,15,18-28H2,1H3,(H,60,68)(H,61,67,69). The number of fused-ring (bicyclic) bond motifs is 2. The molecule has 0 spiro atoms. The molecule has 0 bridgehead atoms. The van der Waals surface area contributed by atoms with E-state index < -0.39 is 47.3 Å². The number of imide groups is 2. The number of anilines is 3. The zero-order valence-electron chi connectivity index (χ0n) is 39.8. The number of amides is 5. The smallest absolute Gasteiger partial charge is 0.384 e. The number of benzene rings is 3. The van der Waals surface area contributed by atoms with E-state index in [-0.39, 0.29) is 52.4 Å². The van der Waals surface area contributed by atoms with Gasteiger partial charge in [-0.15, -0.1) is 5.10 Å². The Labute approximate surface area is 419 Å². The molecule has 5 amide bonds. The van der Waals surface area contributed by atoms with Gasteiger partial charge in [0.1, 0.15) is 17.6 Å². The number of nitrogens with one attached hydrogen (secondary N) is 3. The fraction of sp³-hybridized carbons (Fsp3) is 0.415. The zero-order valence-corrected chi connectivity index (χ0v) is 40.6. The average Bonchev–Trinajstić information content (AvgIpc) is 3.88. The predicted molar refractivity (Wildman–Crippen MR) is 265 cm³/mol. The molecule has 19 heteroatoms. The number of rotatable bonds is 15. The van der Waals surface area contributed by atoms with E-state index in [1.165, 1.54) is 6.07 Å². The van der Waals surface area contributed by atoms with Crippen molar-refractivity contribution in [2.75, 3.05) is 54.8 Å². The number of hydrogen-bond acceptors (Lipinski definition) is 11. The van der Waals surface area contributed by atoms with Gasteiger partial charge in [0.05, 0.1) is 35.1 Å². The number of carbonyl (C=O) groups excluding carboxylic acids is 5. The van der Waals surface area contributed by atoms with E-state index in [1.54, 1.807) is 54.0 Å². The van der Waals surface area contributed by atoms with Crippen molar-refractivity contribution in [3.63, 3.8) is 0 Å². The van der Waals surface area contributed by atoms with Gasteiger partial charge in [0.2, 0.25) is 11.8 Å². The maximum atomic E-state index is 13.4. The molecule has 2 aromatic heterocycles. The third kappa shape index (κ3) is 11.4. The number of piperidine rings is 3. The second-order valence-electron chi connectivity index (χ2n) is 18.7. The molecule has 72 heavy (non-hydrogen) atoms. The molecule has 9 rings (SSSR count). The van der Waals surface area contributed by atoms with Gasteiger partial charge in [0, 0.05) is 66.7 Å². The molecule has 4 aliphatic heterocycles. The molecule has 15 nitrogen and oxygen atoms in total.